The topological polar surface area (TPSA) is 21.3 Å². The lowest BCUT2D eigenvalue weighted by molar-refractivity contribution is 0.00238. The summed E-state index contributed by atoms with van der Waals surface area (Å²) < 4.78 is 5.96. The van der Waals surface area contributed by atoms with Crippen molar-refractivity contribution in [3.63, 3.8) is 0 Å². The number of hydrogen-bond acceptors (Lipinski definition) is 2. The average molecular weight is 308 g/mol. The highest BCUT2D eigenvalue weighted by Gasteiger charge is 2.23. The maximum Gasteiger partial charge on any atom is 0.0950 e. The molecule has 2 aromatic rings. The van der Waals surface area contributed by atoms with Gasteiger partial charge in [0.15, 0.2) is 0 Å². The number of ether oxygens (including phenoxy) is 1. The van der Waals surface area contributed by atoms with Crippen molar-refractivity contribution in [1.29, 1.82) is 0 Å². The van der Waals surface area contributed by atoms with Gasteiger partial charge in [0.1, 0.15) is 0 Å². The van der Waals surface area contributed by atoms with Gasteiger partial charge in [0.05, 0.1) is 28.8 Å². The fourth-order valence-electron chi connectivity index (χ4n) is 2.41. The summed E-state index contributed by atoms with van der Waals surface area (Å²) in [6, 6.07) is 16.2. The maximum absolute atomic E-state index is 6.05. The molecule has 1 saturated heterocycles. The Morgan fingerprint density at radius 3 is 2.40 bits per heavy atom. The molecule has 0 aromatic heterocycles. The number of nitrogens with one attached hydrogen (secondary N) is 1. The summed E-state index contributed by atoms with van der Waals surface area (Å²) in [6.07, 6.45) is 0.0183. The number of benzene rings is 2. The minimum absolute atomic E-state index is 0.0183. The zero-order valence-corrected chi connectivity index (χ0v) is 12.4. The van der Waals surface area contributed by atoms with Crippen LogP contribution in [0.4, 0.5) is 0 Å². The molecule has 4 heteroatoms. The van der Waals surface area contributed by atoms with Crippen molar-refractivity contribution in [3.05, 3.63) is 69.7 Å². The highest BCUT2D eigenvalue weighted by Crippen LogP contribution is 2.30. The van der Waals surface area contributed by atoms with Gasteiger partial charge >= 0.3 is 0 Å². The summed E-state index contributed by atoms with van der Waals surface area (Å²) in [7, 11) is 0. The van der Waals surface area contributed by atoms with Crippen LogP contribution < -0.4 is 5.32 Å². The van der Waals surface area contributed by atoms with Gasteiger partial charge in [0.25, 0.3) is 0 Å². The Kier molecular flexibility index (Phi) is 4.27. The van der Waals surface area contributed by atoms with Crippen LogP contribution in [0.5, 0.6) is 0 Å². The smallest absolute Gasteiger partial charge is 0.0950 e. The minimum atomic E-state index is 0.0183. The Bertz CT molecular complexity index is 580. The van der Waals surface area contributed by atoms with Gasteiger partial charge in [-0.3, -0.25) is 0 Å². The second-order valence-corrected chi connectivity index (χ2v) is 5.68. The molecule has 1 fully saturated rings. The summed E-state index contributed by atoms with van der Waals surface area (Å²) in [6.45, 7) is 1.41. The first-order valence-electron chi connectivity index (χ1n) is 6.59. The number of morpholine rings is 1. The lowest BCUT2D eigenvalue weighted by Crippen LogP contribution is -2.36. The van der Waals surface area contributed by atoms with Crippen LogP contribution in [0.2, 0.25) is 10.0 Å². The van der Waals surface area contributed by atoms with Gasteiger partial charge in [-0.25, -0.2) is 0 Å². The molecule has 0 saturated carbocycles. The van der Waals surface area contributed by atoms with Crippen molar-refractivity contribution in [2.75, 3.05) is 13.2 Å². The molecular weight excluding hydrogens is 293 g/mol. The van der Waals surface area contributed by atoms with E-state index < -0.39 is 0 Å². The zero-order valence-electron chi connectivity index (χ0n) is 10.9. The van der Waals surface area contributed by atoms with Crippen molar-refractivity contribution < 1.29 is 4.74 Å². The van der Waals surface area contributed by atoms with Gasteiger partial charge in [0.2, 0.25) is 0 Å². The highest BCUT2D eigenvalue weighted by molar-refractivity contribution is 6.42. The first kappa shape index (κ1) is 13.9. The molecule has 1 aliphatic heterocycles. The molecule has 2 aromatic carbocycles. The fraction of sp³-hybridized carbons (Fsp3) is 0.250. The van der Waals surface area contributed by atoms with E-state index in [1.165, 1.54) is 5.56 Å². The molecule has 2 nitrogen and oxygen atoms in total. The molecule has 3 rings (SSSR count). The van der Waals surface area contributed by atoms with E-state index in [0.717, 1.165) is 12.1 Å². The van der Waals surface area contributed by atoms with E-state index in [1.807, 2.05) is 36.4 Å². The Morgan fingerprint density at radius 2 is 1.75 bits per heavy atom. The van der Waals surface area contributed by atoms with Crippen molar-refractivity contribution in [2.45, 2.75) is 12.1 Å². The van der Waals surface area contributed by atoms with Gasteiger partial charge in [-0.05, 0) is 23.3 Å². The van der Waals surface area contributed by atoms with Crippen LogP contribution in [0.3, 0.4) is 0 Å². The minimum Gasteiger partial charge on any atom is -0.370 e. The molecule has 0 bridgehead atoms. The largest absolute Gasteiger partial charge is 0.370 e. The molecule has 0 aliphatic carbocycles. The van der Waals surface area contributed by atoms with Crippen LogP contribution in [0.1, 0.15) is 23.3 Å². The summed E-state index contributed by atoms with van der Waals surface area (Å²) in [5.41, 5.74) is 2.30. The summed E-state index contributed by atoms with van der Waals surface area (Å²) in [4.78, 5) is 0. The summed E-state index contributed by atoms with van der Waals surface area (Å²) in [5.74, 6) is 0. The Morgan fingerprint density at radius 1 is 0.950 bits per heavy atom. The first-order chi connectivity index (χ1) is 9.74. The van der Waals surface area contributed by atoms with Crippen molar-refractivity contribution in [2.24, 2.45) is 0 Å². The van der Waals surface area contributed by atoms with E-state index in [4.69, 9.17) is 27.9 Å². The van der Waals surface area contributed by atoms with Crippen LogP contribution in [-0.2, 0) is 4.74 Å². The quantitative estimate of drug-likeness (QED) is 0.888. The van der Waals surface area contributed by atoms with Crippen molar-refractivity contribution in [3.8, 4) is 0 Å². The summed E-state index contributed by atoms with van der Waals surface area (Å²) >= 11 is 12.0. The standard InChI is InChI=1S/C16H15Cl2NO/c17-13-7-6-12(8-14(13)18)16-9-19-15(10-20-16)11-4-2-1-3-5-11/h1-8,15-16,19H,9-10H2. The van der Waals surface area contributed by atoms with Crippen LogP contribution in [0.25, 0.3) is 0 Å². The lowest BCUT2D eigenvalue weighted by Gasteiger charge is -2.31. The fourth-order valence-corrected chi connectivity index (χ4v) is 2.71. The molecule has 2 atom stereocenters. The third-order valence-electron chi connectivity index (χ3n) is 3.53. The third-order valence-corrected chi connectivity index (χ3v) is 4.27. The number of halogens is 2. The Hall–Kier alpha value is -1.06. The predicted octanol–water partition coefficient (Wildman–Crippen LogP) is 4.40. The first-order valence-corrected chi connectivity index (χ1v) is 7.34. The van der Waals surface area contributed by atoms with Gasteiger partial charge in [-0.1, -0.05) is 59.6 Å². The average Bonchev–Trinajstić information content (AvgIpc) is 2.51. The molecule has 1 N–H and O–H groups in total. The van der Waals surface area contributed by atoms with Crippen LogP contribution in [-0.4, -0.2) is 13.2 Å². The predicted molar refractivity (Wildman–Crippen MR) is 82.3 cm³/mol. The van der Waals surface area contributed by atoms with Crippen molar-refractivity contribution >= 4 is 23.2 Å². The monoisotopic (exact) mass is 307 g/mol. The SMILES string of the molecule is Clc1ccc(C2CNC(c3ccccc3)CO2)cc1Cl. The molecule has 0 spiro atoms. The number of hydrogen-bond donors (Lipinski definition) is 1. The highest BCUT2D eigenvalue weighted by atomic mass is 35.5. The van der Waals surface area contributed by atoms with Crippen molar-refractivity contribution in [1.82, 2.24) is 5.32 Å². The van der Waals surface area contributed by atoms with Gasteiger partial charge in [-0.2, -0.15) is 0 Å². The molecule has 0 amide bonds. The van der Waals surface area contributed by atoms with E-state index in [-0.39, 0.29) is 12.1 Å². The van der Waals surface area contributed by atoms with Gasteiger partial charge < -0.3 is 10.1 Å². The lowest BCUT2D eigenvalue weighted by atomic mass is 10.0. The molecule has 1 aliphatic rings. The molecule has 1 heterocycles. The van der Waals surface area contributed by atoms with E-state index in [1.54, 1.807) is 0 Å². The van der Waals surface area contributed by atoms with E-state index in [9.17, 15) is 0 Å². The molecule has 2 unspecified atom stereocenters. The Balaban J connectivity index is 1.68. The van der Waals surface area contributed by atoms with E-state index in [0.29, 0.717) is 16.7 Å². The van der Waals surface area contributed by atoms with Crippen LogP contribution in [0.15, 0.2) is 48.5 Å². The molecule has 20 heavy (non-hydrogen) atoms. The normalized spacial score (nSPS) is 22.7. The third kappa shape index (κ3) is 2.99. The van der Waals surface area contributed by atoms with E-state index >= 15 is 0 Å². The molecule has 104 valence electrons. The molecular formula is C16H15Cl2NO. The maximum atomic E-state index is 6.05. The van der Waals surface area contributed by atoms with Crippen LogP contribution in [0, 0.1) is 0 Å². The summed E-state index contributed by atoms with van der Waals surface area (Å²) in [5, 5.41) is 4.66. The van der Waals surface area contributed by atoms with Gasteiger partial charge in [0, 0.05) is 6.54 Å². The van der Waals surface area contributed by atoms with E-state index in [2.05, 4.69) is 17.4 Å². The van der Waals surface area contributed by atoms with Crippen LogP contribution >= 0.6 is 23.2 Å². The second kappa shape index (κ2) is 6.15. The molecule has 0 radical (unpaired) electrons. The Labute approximate surface area is 128 Å². The second-order valence-electron chi connectivity index (χ2n) is 4.87. The zero-order chi connectivity index (χ0) is 13.9. The van der Waals surface area contributed by atoms with Gasteiger partial charge in [-0.15, -0.1) is 0 Å². The number of rotatable bonds is 2.